The molecule has 0 spiro atoms. The highest BCUT2D eigenvalue weighted by Gasteiger charge is 1.99. The summed E-state index contributed by atoms with van der Waals surface area (Å²) in [5.41, 5.74) is 0. The third-order valence-electron chi connectivity index (χ3n) is 4.59. The number of ether oxygens (including phenoxy) is 5. The van der Waals surface area contributed by atoms with Crippen LogP contribution in [0.15, 0.2) is 12.2 Å². The van der Waals surface area contributed by atoms with Crippen LogP contribution in [-0.2, 0) is 33.3 Å². The fourth-order valence-corrected chi connectivity index (χ4v) is 2.84. The Morgan fingerprint density at radius 2 is 0.969 bits per heavy atom. The van der Waals surface area contributed by atoms with Crippen LogP contribution in [0.1, 0.15) is 71.1 Å². The van der Waals surface area contributed by atoms with Crippen LogP contribution >= 0.6 is 0 Å². The monoisotopic (exact) mass is 460 g/mol. The predicted octanol–water partition coefficient (Wildman–Crippen LogP) is 4.16. The normalized spacial score (nSPS) is 11.3. The molecule has 0 aliphatic heterocycles. The second-order valence-electron chi connectivity index (χ2n) is 7.47. The lowest BCUT2D eigenvalue weighted by atomic mass is 10.1. The number of hydrogen-bond donors (Lipinski definition) is 1. The molecule has 1 N–H and O–H groups in total. The highest BCUT2D eigenvalue weighted by atomic mass is 16.6. The molecule has 0 heterocycles. The molecule has 0 aromatic rings. The topological polar surface area (TPSA) is 101 Å². The van der Waals surface area contributed by atoms with Crippen LogP contribution in [0.2, 0.25) is 0 Å². The number of carboxylic acids is 1. The van der Waals surface area contributed by atoms with Gasteiger partial charge in [0, 0.05) is 18.8 Å². The largest absolute Gasteiger partial charge is 0.478 e. The lowest BCUT2D eigenvalue weighted by molar-refractivity contribution is -0.140. The van der Waals surface area contributed by atoms with Gasteiger partial charge in [0.15, 0.2) is 0 Å². The van der Waals surface area contributed by atoms with Crippen LogP contribution in [0.5, 0.6) is 0 Å². The third kappa shape index (κ3) is 26.6. The Hall–Kier alpha value is -1.48. The van der Waals surface area contributed by atoms with E-state index in [4.69, 9.17) is 28.8 Å². The van der Waals surface area contributed by atoms with Crippen LogP contribution in [0.25, 0.3) is 0 Å². The number of carboxylic acid groups (broad SMARTS) is 1. The van der Waals surface area contributed by atoms with Crippen LogP contribution in [-0.4, -0.2) is 76.5 Å². The third-order valence-corrected chi connectivity index (χ3v) is 4.59. The van der Waals surface area contributed by atoms with E-state index in [1.165, 1.54) is 57.8 Å². The number of hydrogen-bond acceptors (Lipinski definition) is 7. The summed E-state index contributed by atoms with van der Waals surface area (Å²) in [6, 6.07) is 0. The highest BCUT2D eigenvalue weighted by molar-refractivity contribution is 5.90. The Bertz CT molecular complexity index is 453. The summed E-state index contributed by atoms with van der Waals surface area (Å²) in [7, 11) is 0. The summed E-state index contributed by atoms with van der Waals surface area (Å²) in [6.07, 6.45) is 14.8. The van der Waals surface area contributed by atoms with Gasteiger partial charge in [0.2, 0.25) is 0 Å². The second-order valence-corrected chi connectivity index (χ2v) is 7.47. The zero-order chi connectivity index (χ0) is 23.5. The molecular weight excluding hydrogens is 416 g/mol. The van der Waals surface area contributed by atoms with Gasteiger partial charge in [-0.25, -0.2) is 9.59 Å². The van der Waals surface area contributed by atoms with Crippen molar-refractivity contribution >= 4 is 11.9 Å². The Kier molecular flexibility index (Phi) is 24.6. The first-order chi connectivity index (χ1) is 15.7. The Balaban J connectivity index is 3.11. The van der Waals surface area contributed by atoms with Gasteiger partial charge in [0.1, 0.15) is 6.61 Å². The van der Waals surface area contributed by atoms with Gasteiger partial charge < -0.3 is 28.8 Å². The van der Waals surface area contributed by atoms with Crippen molar-refractivity contribution < 1.29 is 38.4 Å². The number of unbranched alkanes of at least 4 members (excludes halogenated alkanes) is 9. The molecule has 0 fully saturated rings. The zero-order valence-electron chi connectivity index (χ0n) is 19.9. The van der Waals surface area contributed by atoms with Crippen molar-refractivity contribution in [2.75, 3.05) is 59.5 Å². The van der Waals surface area contributed by atoms with Crippen molar-refractivity contribution in [3.8, 4) is 0 Å². The van der Waals surface area contributed by atoms with E-state index in [2.05, 4.69) is 6.92 Å². The van der Waals surface area contributed by atoms with E-state index in [0.717, 1.165) is 25.2 Å². The first-order valence-corrected chi connectivity index (χ1v) is 12.1. The smallest absolute Gasteiger partial charge is 0.331 e. The van der Waals surface area contributed by atoms with Gasteiger partial charge in [-0.3, -0.25) is 0 Å². The Morgan fingerprint density at radius 3 is 1.44 bits per heavy atom. The van der Waals surface area contributed by atoms with Gasteiger partial charge in [-0.15, -0.1) is 0 Å². The Labute approximate surface area is 193 Å². The number of carbonyl (C=O) groups excluding carboxylic acids is 1. The summed E-state index contributed by atoms with van der Waals surface area (Å²) in [6.45, 7) is 6.32. The molecule has 0 bridgehead atoms. The molecule has 0 rings (SSSR count). The molecule has 0 saturated heterocycles. The number of aliphatic carboxylic acids is 1. The fraction of sp³-hybridized carbons (Fsp3) is 0.833. The molecule has 0 saturated carbocycles. The average molecular weight is 461 g/mol. The highest BCUT2D eigenvalue weighted by Crippen LogP contribution is 2.10. The lowest BCUT2D eigenvalue weighted by Crippen LogP contribution is -2.14. The molecule has 0 aromatic carbocycles. The zero-order valence-corrected chi connectivity index (χ0v) is 19.9. The van der Waals surface area contributed by atoms with E-state index < -0.39 is 11.9 Å². The minimum absolute atomic E-state index is 0.0605. The summed E-state index contributed by atoms with van der Waals surface area (Å²) >= 11 is 0. The maximum atomic E-state index is 11.1. The first-order valence-electron chi connectivity index (χ1n) is 12.1. The van der Waals surface area contributed by atoms with Crippen molar-refractivity contribution in [3.05, 3.63) is 12.2 Å². The van der Waals surface area contributed by atoms with Crippen LogP contribution in [0, 0.1) is 0 Å². The van der Waals surface area contributed by atoms with E-state index in [0.29, 0.717) is 39.6 Å². The lowest BCUT2D eigenvalue weighted by Gasteiger charge is -2.08. The van der Waals surface area contributed by atoms with E-state index in [-0.39, 0.29) is 13.2 Å². The van der Waals surface area contributed by atoms with Crippen molar-refractivity contribution in [2.45, 2.75) is 71.1 Å². The van der Waals surface area contributed by atoms with E-state index >= 15 is 0 Å². The van der Waals surface area contributed by atoms with Crippen molar-refractivity contribution in [2.24, 2.45) is 0 Å². The first kappa shape index (κ1) is 30.5. The molecular formula is C24H44O8. The molecule has 8 heteroatoms. The van der Waals surface area contributed by atoms with E-state index in [1.807, 2.05) is 0 Å². The van der Waals surface area contributed by atoms with E-state index in [9.17, 15) is 9.59 Å². The maximum absolute atomic E-state index is 11.1. The van der Waals surface area contributed by atoms with Crippen molar-refractivity contribution in [1.82, 2.24) is 0 Å². The molecule has 0 atom stereocenters. The molecule has 0 amide bonds. The molecule has 0 radical (unpaired) electrons. The summed E-state index contributed by atoms with van der Waals surface area (Å²) in [5, 5.41) is 8.37. The van der Waals surface area contributed by atoms with Crippen molar-refractivity contribution in [3.63, 3.8) is 0 Å². The quantitative estimate of drug-likeness (QED) is 0.123. The molecule has 0 aliphatic rings. The number of rotatable bonds is 25. The fourth-order valence-electron chi connectivity index (χ4n) is 2.84. The molecule has 32 heavy (non-hydrogen) atoms. The van der Waals surface area contributed by atoms with Crippen LogP contribution in [0.3, 0.4) is 0 Å². The summed E-state index contributed by atoms with van der Waals surface area (Å²) < 4.78 is 26.4. The van der Waals surface area contributed by atoms with Gasteiger partial charge >= 0.3 is 11.9 Å². The molecule has 0 unspecified atom stereocenters. The van der Waals surface area contributed by atoms with Gasteiger partial charge in [-0.2, -0.15) is 0 Å². The predicted molar refractivity (Wildman–Crippen MR) is 123 cm³/mol. The molecule has 188 valence electrons. The molecule has 8 nitrogen and oxygen atoms in total. The SMILES string of the molecule is CCCCCCCCCCCCOCCOCCOCCOCCOC(=O)C=CC(=O)O. The summed E-state index contributed by atoms with van der Waals surface area (Å²) in [4.78, 5) is 21.3. The van der Waals surface area contributed by atoms with Crippen LogP contribution < -0.4 is 0 Å². The van der Waals surface area contributed by atoms with Gasteiger partial charge in [-0.05, 0) is 6.42 Å². The minimum Gasteiger partial charge on any atom is -0.478 e. The molecule has 0 aliphatic carbocycles. The summed E-state index contributed by atoms with van der Waals surface area (Å²) in [5.74, 6) is -1.91. The number of carbonyl (C=O) groups is 2. The van der Waals surface area contributed by atoms with E-state index in [1.54, 1.807) is 0 Å². The second kappa shape index (κ2) is 25.8. The van der Waals surface area contributed by atoms with Crippen LogP contribution in [0.4, 0.5) is 0 Å². The number of esters is 1. The van der Waals surface area contributed by atoms with Gasteiger partial charge in [0.25, 0.3) is 0 Å². The minimum atomic E-state index is -1.20. The van der Waals surface area contributed by atoms with Gasteiger partial charge in [0.05, 0.1) is 46.2 Å². The molecule has 0 aromatic heterocycles. The van der Waals surface area contributed by atoms with Gasteiger partial charge in [-0.1, -0.05) is 64.7 Å². The van der Waals surface area contributed by atoms with Crippen molar-refractivity contribution in [1.29, 1.82) is 0 Å². The Morgan fingerprint density at radius 1 is 0.562 bits per heavy atom. The maximum Gasteiger partial charge on any atom is 0.331 e. The standard InChI is InChI=1S/C24H44O8/c1-2-3-4-5-6-7-8-9-10-11-14-28-15-16-29-17-18-30-19-20-31-21-22-32-24(27)13-12-23(25)26/h12-13H,2-11,14-22H2,1H3,(H,25,26). The average Bonchev–Trinajstić information content (AvgIpc) is 2.78.